The van der Waals surface area contributed by atoms with E-state index in [0.29, 0.717) is 22.3 Å². The second-order valence-electron chi connectivity index (χ2n) is 5.73. The molecular weight excluding hydrogens is 377 g/mol. The minimum absolute atomic E-state index is 0.318. The molecule has 3 aromatic rings. The summed E-state index contributed by atoms with van der Waals surface area (Å²) in [5.41, 5.74) is 6.86. The predicted octanol–water partition coefficient (Wildman–Crippen LogP) is 5.47. The van der Waals surface area contributed by atoms with Crippen LogP contribution in [0.15, 0.2) is 60.7 Å². The highest BCUT2D eigenvalue weighted by Gasteiger charge is 2.30. The lowest BCUT2D eigenvalue weighted by atomic mass is 9.99. The Hall–Kier alpha value is -3.53. The molecule has 0 aromatic heterocycles. The zero-order chi connectivity index (χ0) is 20.3. The molecule has 0 saturated heterocycles. The molecule has 0 aliphatic rings. The van der Waals surface area contributed by atoms with Gasteiger partial charge in [0.05, 0.1) is 5.56 Å². The summed E-state index contributed by atoms with van der Waals surface area (Å²) in [4.78, 5) is 0. The molecule has 3 aromatic carbocycles. The molecular formula is C21H12F5NO. The molecule has 0 aliphatic carbocycles. The van der Waals surface area contributed by atoms with E-state index in [0.717, 1.165) is 12.1 Å². The number of rotatable bonds is 3. The van der Waals surface area contributed by atoms with Crippen molar-refractivity contribution in [1.29, 1.82) is 0 Å². The van der Waals surface area contributed by atoms with Gasteiger partial charge in [0.2, 0.25) is 0 Å². The fraction of sp³-hybridized carbons (Fsp3) is 0.0476. The Morgan fingerprint density at radius 1 is 0.714 bits per heavy atom. The van der Waals surface area contributed by atoms with Gasteiger partial charge in [0.1, 0.15) is 17.4 Å². The Morgan fingerprint density at radius 3 is 1.57 bits per heavy atom. The highest BCUT2D eigenvalue weighted by Crippen LogP contribution is 2.29. The average Bonchev–Trinajstić information content (AvgIpc) is 2.64. The standard InChI is InChI=1S/C21H12F5NO/c22-19-11-16(12-20(23)18(19)9-10-27)15-3-1-13(2-4-15)14-5-7-17(8-6-14)28-21(24,25)26/h1-8,11-12H,27H2. The monoisotopic (exact) mass is 389 g/mol. The van der Waals surface area contributed by atoms with E-state index in [9.17, 15) is 22.0 Å². The molecule has 28 heavy (non-hydrogen) atoms. The van der Waals surface area contributed by atoms with Crippen molar-refractivity contribution in [2.45, 2.75) is 6.36 Å². The van der Waals surface area contributed by atoms with E-state index < -0.39 is 23.6 Å². The Bertz CT molecular complexity index is 1020. The Kier molecular flexibility index (Phi) is 5.23. The molecule has 142 valence electrons. The third-order valence-electron chi connectivity index (χ3n) is 3.88. The summed E-state index contributed by atoms with van der Waals surface area (Å²) < 4.78 is 68.4. The summed E-state index contributed by atoms with van der Waals surface area (Å²) in [6.07, 6.45) is -4.75. The lowest BCUT2D eigenvalue weighted by Crippen LogP contribution is -2.16. The van der Waals surface area contributed by atoms with Crippen LogP contribution in [0.5, 0.6) is 5.75 Å². The van der Waals surface area contributed by atoms with Crippen LogP contribution >= 0.6 is 0 Å². The van der Waals surface area contributed by atoms with E-state index in [1.54, 1.807) is 24.3 Å². The first-order chi connectivity index (χ1) is 13.3. The highest BCUT2D eigenvalue weighted by molar-refractivity contribution is 5.71. The van der Waals surface area contributed by atoms with Crippen LogP contribution in [-0.2, 0) is 0 Å². The van der Waals surface area contributed by atoms with Gasteiger partial charge >= 0.3 is 6.36 Å². The normalized spacial score (nSPS) is 10.9. The summed E-state index contributed by atoms with van der Waals surface area (Å²) in [6, 6.07) is 16.3. The van der Waals surface area contributed by atoms with Crippen LogP contribution in [0.25, 0.3) is 22.3 Å². The van der Waals surface area contributed by atoms with Crippen LogP contribution in [-0.4, -0.2) is 6.36 Å². The molecule has 0 radical (unpaired) electrons. The number of ether oxygens (including phenoxy) is 1. The van der Waals surface area contributed by atoms with Crippen molar-refractivity contribution in [2.24, 2.45) is 5.73 Å². The fourth-order valence-corrected chi connectivity index (χ4v) is 2.64. The van der Waals surface area contributed by atoms with Gasteiger partial charge < -0.3 is 10.5 Å². The molecule has 0 amide bonds. The first-order valence-electron chi connectivity index (χ1n) is 7.94. The van der Waals surface area contributed by atoms with Gasteiger partial charge in [0.15, 0.2) is 0 Å². The largest absolute Gasteiger partial charge is 0.573 e. The number of benzene rings is 3. The van der Waals surface area contributed by atoms with Crippen molar-refractivity contribution in [3.05, 3.63) is 77.9 Å². The van der Waals surface area contributed by atoms with E-state index >= 15 is 0 Å². The maximum absolute atomic E-state index is 14.0. The topological polar surface area (TPSA) is 35.2 Å². The third-order valence-corrected chi connectivity index (χ3v) is 3.88. The minimum Gasteiger partial charge on any atom is -0.406 e. The van der Waals surface area contributed by atoms with Gasteiger partial charge in [0, 0.05) is 6.04 Å². The van der Waals surface area contributed by atoms with Crippen LogP contribution in [0.3, 0.4) is 0 Å². The number of hydrogen-bond acceptors (Lipinski definition) is 2. The van der Waals surface area contributed by atoms with Crippen LogP contribution < -0.4 is 10.5 Å². The van der Waals surface area contributed by atoms with E-state index in [4.69, 9.17) is 5.73 Å². The first kappa shape index (κ1) is 19.2. The molecule has 0 aliphatic heterocycles. The number of alkyl halides is 3. The molecule has 0 saturated carbocycles. The Balaban J connectivity index is 1.85. The van der Waals surface area contributed by atoms with Gasteiger partial charge in [-0.25, -0.2) is 8.78 Å². The van der Waals surface area contributed by atoms with Gasteiger partial charge in [-0.3, -0.25) is 0 Å². The molecule has 0 unspecified atom stereocenters. The molecule has 0 bridgehead atoms. The molecule has 0 atom stereocenters. The van der Waals surface area contributed by atoms with Crippen LogP contribution in [0.4, 0.5) is 22.0 Å². The quantitative estimate of drug-likeness (QED) is 0.367. The van der Waals surface area contributed by atoms with Crippen molar-refractivity contribution >= 4 is 0 Å². The zero-order valence-corrected chi connectivity index (χ0v) is 14.1. The van der Waals surface area contributed by atoms with E-state index in [1.165, 1.54) is 24.3 Å². The van der Waals surface area contributed by atoms with E-state index in [-0.39, 0.29) is 5.75 Å². The highest BCUT2D eigenvalue weighted by atomic mass is 19.4. The fourth-order valence-electron chi connectivity index (χ4n) is 2.64. The number of halogens is 5. The van der Waals surface area contributed by atoms with Crippen LogP contribution in [0.2, 0.25) is 0 Å². The van der Waals surface area contributed by atoms with Crippen molar-refractivity contribution < 1.29 is 26.7 Å². The van der Waals surface area contributed by atoms with Gasteiger partial charge in [-0.2, -0.15) is 0 Å². The lowest BCUT2D eigenvalue weighted by Gasteiger charge is -2.10. The van der Waals surface area contributed by atoms with E-state index in [2.05, 4.69) is 10.7 Å². The molecule has 7 heteroatoms. The Labute approximate surface area is 157 Å². The third kappa shape index (κ3) is 4.41. The van der Waals surface area contributed by atoms with Crippen molar-refractivity contribution in [3.63, 3.8) is 0 Å². The second kappa shape index (κ2) is 7.61. The number of nitrogens with two attached hydrogens (primary N) is 1. The van der Waals surface area contributed by atoms with Crippen LogP contribution in [0.1, 0.15) is 5.56 Å². The molecule has 0 heterocycles. The SMILES string of the molecule is NC#Cc1c(F)cc(-c2ccc(-c3ccc(OC(F)(F)F)cc3)cc2)cc1F. The smallest absolute Gasteiger partial charge is 0.406 e. The zero-order valence-electron chi connectivity index (χ0n) is 14.1. The second-order valence-corrected chi connectivity index (χ2v) is 5.73. The van der Waals surface area contributed by atoms with E-state index in [1.807, 2.05) is 6.04 Å². The van der Waals surface area contributed by atoms with Crippen molar-refractivity contribution in [2.75, 3.05) is 0 Å². The molecule has 2 nitrogen and oxygen atoms in total. The molecule has 0 fully saturated rings. The molecule has 3 rings (SSSR count). The summed E-state index contributed by atoms with van der Waals surface area (Å²) >= 11 is 0. The number of hydrogen-bond donors (Lipinski definition) is 1. The summed E-state index contributed by atoms with van der Waals surface area (Å²) in [5, 5.41) is 0. The maximum Gasteiger partial charge on any atom is 0.573 e. The summed E-state index contributed by atoms with van der Waals surface area (Å²) in [6.45, 7) is 0. The Morgan fingerprint density at radius 2 is 1.14 bits per heavy atom. The predicted molar refractivity (Wildman–Crippen MR) is 95.0 cm³/mol. The van der Waals surface area contributed by atoms with Crippen molar-refractivity contribution in [1.82, 2.24) is 0 Å². The van der Waals surface area contributed by atoms with Crippen LogP contribution in [0, 0.1) is 23.6 Å². The minimum atomic E-state index is -4.75. The van der Waals surface area contributed by atoms with Gasteiger partial charge in [0.25, 0.3) is 0 Å². The average molecular weight is 389 g/mol. The summed E-state index contributed by atoms with van der Waals surface area (Å²) in [5.74, 6) is 0.205. The lowest BCUT2D eigenvalue weighted by molar-refractivity contribution is -0.274. The molecule has 0 spiro atoms. The van der Waals surface area contributed by atoms with Crippen molar-refractivity contribution in [3.8, 4) is 40.0 Å². The maximum atomic E-state index is 14.0. The summed E-state index contributed by atoms with van der Waals surface area (Å²) in [7, 11) is 0. The van der Waals surface area contributed by atoms with Gasteiger partial charge in [-0.15, -0.1) is 13.2 Å². The van der Waals surface area contributed by atoms with Gasteiger partial charge in [-0.1, -0.05) is 36.4 Å². The van der Waals surface area contributed by atoms with Gasteiger partial charge in [-0.05, 0) is 52.4 Å². The molecule has 2 N–H and O–H groups in total. The first-order valence-corrected chi connectivity index (χ1v) is 7.94.